The number of fused-ring (bicyclic) bond motifs is 1. The molecule has 1 fully saturated rings. The summed E-state index contributed by atoms with van der Waals surface area (Å²) in [7, 11) is 0. The van der Waals surface area contributed by atoms with Crippen molar-refractivity contribution in [1.82, 2.24) is 4.90 Å². The Morgan fingerprint density at radius 1 is 1.18 bits per heavy atom. The predicted octanol–water partition coefficient (Wildman–Crippen LogP) is 4.37. The van der Waals surface area contributed by atoms with Crippen molar-refractivity contribution in [1.29, 1.82) is 0 Å². The van der Waals surface area contributed by atoms with E-state index >= 15 is 0 Å². The van der Waals surface area contributed by atoms with Gasteiger partial charge in [0.25, 0.3) is 0 Å². The zero-order valence-corrected chi connectivity index (χ0v) is 21.6. The summed E-state index contributed by atoms with van der Waals surface area (Å²) in [5.41, 5.74) is -0.403. The molecular weight excluding hydrogens is 529 g/mol. The van der Waals surface area contributed by atoms with E-state index in [9.17, 15) is 27.9 Å². The average Bonchev–Trinajstić information content (AvgIpc) is 3.16. The van der Waals surface area contributed by atoms with E-state index in [4.69, 9.17) is 21.1 Å². The minimum atomic E-state index is -5.17. The number of carbonyl (C=O) groups excluding carboxylic acids is 2. The van der Waals surface area contributed by atoms with Gasteiger partial charge in [0.2, 0.25) is 5.91 Å². The molecule has 38 heavy (non-hydrogen) atoms. The molecule has 2 aromatic rings. The third kappa shape index (κ3) is 6.89. The Hall–Kier alpha value is -3.02. The van der Waals surface area contributed by atoms with Crippen molar-refractivity contribution in [2.45, 2.75) is 50.5 Å². The summed E-state index contributed by atoms with van der Waals surface area (Å²) >= 11 is 6.11. The summed E-state index contributed by atoms with van der Waals surface area (Å²) in [4.78, 5) is 24.8. The zero-order valence-electron chi connectivity index (χ0n) is 20.9. The maximum Gasteiger partial charge on any atom is 0.491 e. The molecule has 206 valence electrons. The number of likely N-dealkylation sites (tertiary alicyclic amines) is 1. The normalized spacial score (nSPS) is 18.3. The first kappa shape index (κ1) is 28.0. The van der Waals surface area contributed by atoms with Crippen LogP contribution in [0.3, 0.4) is 0 Å². The number of hydrogen-bond donors (Lipinski definition) is 2. The SMILES string of the molecule is CC(=O)Nc1ccc(OC(=O)C(F)(F)F)cc1OC[C@@](C)(O)CN1CCC2(CC1)Cc1cc(Cl)ccc1O2. The summed E-state index contributed by atoms with van der Waals surface area (Å²) in [6, 6.07) is 9.02. The summed E-state index contributed by atoms with van der Waals surface area (Å²) in [6.07, 6.45) is -2.88. The lowest BCUT2D eigenvalue weighted by Gasteiger charge is -2.41. The molecule has 0 bridgehead atoms. The number of nitrogens with zero attached hydrogens (tertiary/aromatic N) is 1. The molecule has 0 aliphatic carbocycles. The zero-order chi connectivity index (χ0) is 27.7. The van der Waals surface area contributed by atoms with Gasteiger partial charge in [0.1, 0.15) is 35.1 Å². The number of alkyl halides is 3. The molecule has 0 radical (unpaired) electrons. The van der Waals surface area contributed by atoms with Gasteiger partial charge in [0.05, 0.1) is 5.69 Å². The number of carbonyl (C=O) groups is 2. The van der Waals surface area contributed by atoms with Crippen LogP contribution in [0.1, 0.15) is 32.3 Å². The van der Waals surface area contributed by atoms with Gasteiger partial charge >= 0.3 is 12.1 Å². The molecular formula is C26H28ClF3N2O6. The fraction of sp³-hybridized carbons (Fsp3) is 0.462. The molecule has 0 saturated carbocycles. The van der Waals surface area contributed by atoms with Crippen LogP contribution in [0, 0.1) is 0 Å². The van der Waals surface area contributed by atoms with Crippen molar-refractivity contribution >= 4 is 29.2 Å². The molecule has 1 atom stereocenters. The van der Waals surface area contributed by atoms with Crippen molar-refractivity contribution in [3.8, 4) is 17.2 Å². The summed E-state index contributed by atoms with van der Waals surface area (Å²) in [5, 5.41) is 14.2. The minimum Gasteiger partial charge on any atom is -0.488 e. The number of benzene rings is 2. The standard InChI is InChI=1S/C26H28ClF3N2O6/c1-16(33)31-20-5-4-19(37-23(34)26(28,29)30)12-22(20)36-15-24(2,35)14-32-9-7-25(8-10-32)13-17-11-18(27)3-6-21(17)38-25/h3-6,11-12,35H,7-10,13-15H2,1-2H3,(H,31,33)/t24-/m0/s1. The topological polar surface area (TPSA) is 97.3 Å². The van der Waals surface area contributed by atoms with Crippen LogP contribution in [-0.2, 0) is 16.0 Å². The molecule has 1 amide bonds. The number of hydrogen-bond acceptors (Lipinski definition) is 7. The molecule has 8 nitrogen and oxygen atoms in total. The first-order valence-electron chi connectivity index (χ1n) is 12.0. The van der Waals surface area contributed by atoms with Crippen LogP contribution in [0.25, 0.3) is 0 Å². The summed E-state index contributed by atoms with van der Waals surface area (Å²) in [5.74, 6) is -2.45. The van der Waals surface area contributed by atoms with Crippen LogP contribution >= 0.6 is 11.6 Å². The first-order valence-corrected chi connectivity index (χ1v) is 12.4. The Morgan fingerprint density at radius 3 is 2.55 bits per heavy atom. The molecule has 4 rings (SSSR count). The number of amides is 1. The number of nitrogens with one attached hydrogen (secondary N) is 1. The molecule has 1 saturated heterocycles. The number of aliphatic hydroxyl groups is 1. The van der Waals surface area contributed by atoms with Crippen molar-refractivity contribution in [2.75, 3.05) is 31.6 Å². The molecule has 0 unspecified atom stereocenters. The van der Waals surface area contributed by atoms with Crippen molar-refractivity contribution in [3.63, 3.8) is 0 Å². The van der Waals surface area contributed by atoms with E-state index in [1.165, 1.54) is 13.0 Å². The van der Waals surface area contributed by atoms with Gasteiger partial charge in [-0.05, 0) is 42.8 Å². The lowest BCUT2D eigenvalue weighted by atomic mass is 9.86. The maximum absolute atomic E-state index is 12.6. The predicted molar refractivity (Wildman–Crippen MR) is 133 cm³/mol. The number of piperidine rings is 1. The van der Waals surface area contributed by atoms with Gasteiger partial charge in [-0.2, -0.15) is 13.2 Å². The largest absolute Gasteiger partial charge is 0.491 e. The highest BCUT2D eigenvalue weighted by Gasteiger charge is 2.43. The van der Waals surface area contributed by atoms with Crippen LogP contribution in [-0.4, -0.2) is 65.5 Å². The van der Waals surface area contributed by atoms with Gasteiger partial charge in [-0.1, -0.05) is 11.6 Å². The first-order chi connectivity index (χ1) is 17.7. The second-order valence-electron chi connectivity index (χ2n) is 10.0. The average molecular weight is 557 g/mol. The van der Waals surface area contributed by atoms with Crippen LogP contribution < -0.4 is 19.5 Å². The van der Waals surface area contributed by atoms with Crippen LogP contribution in [0.2, 0.25) is 5.02 Å². The molecule has 2 aliphatic heterocycles. The van der Waals surface area contributed by atoms with Crippen molar-refractivity contribution in [2.24, 2.45) is 0 Å². The molecule has 2 aliphatic rings. The van der Waals surface area contributed by atoms with E-state index in [1.54, 1.807) is 13.0 Å². The number of ether oxygens (including phenoxy) is 3. The van der Waals surface area contributed by atoms with E-state index < -0.39 is 29.4 Å². The Bertz CT molecular complexity index is 1210. The molecule has 0 aromatic heterocycles. The molecule has 2 aromatic carbocycles. The minimum absolute atomic E-state index is 0.0543. The lowest BCUT2D eigenvalue weighted by Crippen LogP contribution is -2.52. The van der Waals surface area contributed by atoms with Gasteiger partial charge in [0, 0.05) is 56.9 Å². The van der Waals surface area contributed by atoms with Gasteiger partial charge < -0.3 is 29.5 Å². The second kappa shape index (κ2) is 10.6. The van der Waals surface area contributed by atoms with Crippen molar-refractivity contribution in [3.05, 3.63) is 47.0 Å². The van der Waals surface area contributed by atoms with Crippen LogP contribution in [0.4, 0.5) is 18.9 Å². The van der Waals surface area contributed by atoms with Gasteiger partial charge in [-0.25, -0.2) is 4.79 Å². The molecule has 1 spiro atoms. The fourth-order valence-electron chi connectivity index (χ4n) is 4.70. The van der Waals surface area contributed by atoms with Gasteiger partial charge in [-0.3, -0.25) is 4.79 Å². The Kier molecular flexibility index (Phi) is 7.83. The third-order valence-corrected chi connectivity index (χ3v) is 6.67. The number of esters is 1. The van der Waals surface area contributed by atoms with E-state index in [2.05, 4.69) is 15.0 Å². The van der Waals surface area contributed by atoms with Gasteiger partial charge in [0.15, 0.2) is 0 Å². The highest BCUT2D eigenvalue weighted by Crippen LogP contribution is 2.42. The number of halogens is 4. The summed E-state index contributed by atoms with van der Waals surface area (Å²) in [6.45, 7) is 4.21. The third-order valence-electron chi connectivity index (χ3n) is 6.44. The molecule has 12 heteroatoms. The quantitative estimate of drug-likeness (QED) is 0.386. The number of β-amino-alcohol motifs (C(OH)–C–C–N with tert-alkyl or cyclic N) is 1. The maximum atomic E-state index is 12.6. The Balaban J connectivity index is 1.36. The Labute approximate surface area is 222 Å². The lowest BCUT2D eigenvalue weighted by molar-refractivity contribution is -0.189. The smallest absolute Gasteiger partial charge is 0.488 e. The molecule has 2 heterocycles. The molecule has 2 N–H and O–H groups in total. The Morgan fingerprint density at radius 2 is 1.89 bits per heavy atom. The fourth-order valence-corrected chi connectivity index (χ4v) is 4.90. The van der Waals surface area contributed by atoms with E-state index in [0.29, 0.717) is 18.1 Å². The van der Waals surface area contributed by atoms with Crippen LogP contribution in [0.15, 0.2) is 36.4 Å². The number of anilines is 1. The van der Waals surface area contributed by atoms with E-state index in [0.717, 1.165) is 42.7 Å². The highest BCUT2D eigenvalue weighted by atomic mass is 35.5. The second-order valence-corrected chi connectivity index (χ2v) is 10.4. The number of rotatable bonds is 7. The van der Waals surface area contributed by atoms with E-state index in [-0.39, 0.29) is 30.2 Å². The highest BCUT2D eigenvalue weighted by molar-refractivity contribution is 6.30. The van der Waals surface area contributed by atoms with Crippen LogP contribution in [0.5, 0.6) is 17.2 Å². The summed E-state index contributed by atoms with van der Waals surface area (Å²) < 4.78 is 54.1. The van der Waals surface area contributed by atoms with Crippen molar-refractivity contribution < 1.29 is 42.1 Å². The van der Waals surface area contributed by atoms with Gasteiger partial charge in [-0.15, -0.1) is 0 Å². The monoisotopic (exact) mass is 556 g/mol. The van der Waals surface area contributed by atoms with E-state index in [1.807, 2.05) is 12.1 Å².